The van der Waals surface area contributed by atoms with Gasteiger partial charge in [0, 0.05) is 6.04 Å². The second-order valence-corrected chi connectivity index (χ2v) is 4.42. The van der Waals surface area contributed by atoms with Crippen molar-refractivity contribution in [3.8, 4) is 0 Å². The van der Waals surface area contributed by atoms with Gasteiger partial charge in [0.1, 0.15) is 11.6 Å². The van der Waals surface area contributed by atoms with Crippen LogP contribution in [-0.2, 0) is 0 Å². The van der Waals surface area contributed by atoms with Crippen molar-refractivity contribution in [2.24, 2.45) is 0 Å². The van der Waals surface area contributed by atoms with Crippen LogP contribution in [0.3, 0.4) is 0 Å². The van der Waals surface area contributed by atoms with E-state index in [4.69, 9.17) is 4.42 Å². The van der Waals surface area contributed by atoms with Crippen molar-refractivity contribution in [3.63, 3.8) is 0 Å². The lowest BCUT2D eigenvalue weighted by Crippen LogP contribution is -2.23. The summed E-state index contributed by atoms with van der Waals surface area (Å²) >= 11 is 0. The average molecular weight is 247 g/mol. The van der Waals surface area contributed by atoms with Crippen LogP contribution >= 0.6 is 0 Å². The van der Waals surface area contributed by atoms with E-state index in [1.165, 1.54) is 12.1 Å². The second kappa shape index (κ2) is 5.83. The first-order chi connectivity index (χ1) is 8.70. The Morgan fingerprint density at radius 1 is 1.22 bits per heavy atom. The SMILES string of the molecule is CCC(N[C@@H](C)c1ccco1)c1ccc(F)cc1. The van der Waals surface area contributed by atoms with Gasteiger partial charge in [-0.3, -0.25) is 0 Å². The molecule has 18 heavy (non-hydrogen) atoms. The largest absolute Gasteiger partial charge is 0.468 e. The molecule has 1 N–H and O–H groups in total. The number of benzene rings is 1. The molecule has 0 amide bonds. The molecule has 1 unspecified atom stereocenters. The van der Waals surface area contributed by atoms with Crippen molar-refractivity contribution in [1.82, 2.24) is 5.32 Å². The summed E-state index contributed by atoms with van der Waals surface area (Å²) in [5.41, 5.74) is 1.09. The summed E-state index contributed by atoms with van der Waals surface area (Å²) in [6.45, 7) is 4.17. The minimum atomic E-state index is -0.201. The van der Waals surface area contributed by atoms with Crippen LogP contribution < -0.4 is 5.32 Å². The first-order valence-electron chi connectivity index (χ1n) is 6.25. The number of hydrogen-bond donors (Lipinski definition) is 1. The molecule has 96 valence electrons. The zero-order chi connectivity index (χ0) is 13.0. The number of nitrogens with one attached hydrogen (secondary N) is 1. The van der Waals surface area contributed by atoms with E-state index in [9.17, 15) is 4.39 Å². The van der Waals surface area contributed by atoms with Crippen LogP contribution in [0.4, 0.5) is 4.39 Å². The Kier molecular flexibility index (Phi) is 4.15. The summed E-state index contributed by atoms with van der Waals surface area (Å²) in [7, 11) is 0. The molecule has 0 fully saturated rings. The van der Waals surface area contributed by atoms with E-state index in [1.54, 1.807) is 6.26 Å². The van der Waals surface area contributed by atoms with E-state index in [0.717, 1.165) is 17.7 Å². The van der Waals surface area contributed by atoms with Gasteiger partial charge < -0.3 is 9.73 Å². The molecule has 0 spiro atoms. The fourth-order valence-corrected chi connectivity index (χ4v) is 2.07. The lowest BCUT2D eigenvalue weighted by molar-refractivity contribution is 0.386. The molecule has 0 saturated carbocycles. The third kappa shape index (κ3) is 2.99. The Balaban J connectivity index is 2.07. The summed E-state index contributed by atoms with van der Waals surface area (Å²) in [6, 6.07) is 10.8. The van der Waals surface area contributed by atoms with E-state index >= 15 is 0 Å². The third-order valence-electron chi connectivity index (χ3n) is 3.10. The van der Waals surface area contributed by atoms with Crippen molar-refractivity contribution < 1.29 is 8.81 Å². The predicted octanol–water partition coefficient (Wildman–Crippen LogP) is 4.22. The van der Waals surface area contributed by atoms with Crippen LogP contribution in [0.2, 0.25) is 0 Å². The van der Waals surface area contributed by atoms with Gasteiger partial charge >= 0.3 is 0 Å². The zero-order valence-corrected chi connectivity index (χ0v) is 10.7. The van der Waals surface area contributed by atoms with Crippen molar-refractivity contribution in [2.75, 3.05) is 0 Å². The van der Waals surface area contributed by atoms with Crippen LogP contribution in [0, 0.1) is 5.82 Å². The Morgan fingerprint density at radius 3 is 2.50 bits per heavy atom. The van der Waals surface area contributed by atoms with E-state index < -0.39 is 0 Å². The predicted molar refractivity (Wildman–Crippen MR) is 69.7 cm³/mol. The Bertz CT molecular complexity index is 464. The molecule has 1 aromatic carbocycles. The van der Waals surface area contributed by atoms with Crippen molar-refractivity contribution in [3.05, 3.63) is 59.8 Å². The molecule has 2 nitrogen and oxygen atoms in total. The topological polar surface area (TPSA) is 25.2 Å². The minimum absolute atomic E-state index is 0.134. The average Bonchev–Trinajstić information content (AvgIpc) is 2.91. The number of hydrogen-bond acceptors (Lipinski definition) is 2. The molecule has 0 aliphatic heterocycles. The van der Waals surface area contributed by atoms with E-state index in [1.807, 2.05) is 24.3 Å². The van der Waals surface area contributed by atoms with E-state index in [0.29, 0.717) is 0 Å². The first kappa shape index (κ1) is 12.8. The Hall–Kier alpha value is -1.61. The summed E-state index contributed by atoms with van der Waals surface area (Å²) in [6.07, 6.45) is 2.61. The Labute approximate surface area is 107 Å². The second-order valence-electron chi connectivity index (χ2n) is 4.42. The van der Waals surface area contributed by atoms with Gasteiger partial charge in [-0.05, 0) is 43.2 Å². The van der Waals surface area contributed by atoms with E-state index in [2.05, 4.69) is 19.2 Å². The van der Waals surface area contributed by atoms with Crippen molar-refractivity contribution >= 4 is 0 Å². The molecular weight excluding hydrogens is 229 g/mol. The standard InChI is InChI=1S/C15H18FNO/c1-3-14(12-6-8-13(16)9-7-12)17-11(2)15-5-4-10-18-15/h4-11,14,17H,3H2,1-2H3/t11-,14?/m0/s1. The molecule has 1 heterocycles. The maximum absolute atomic E-state index is 12.9. The third-order valence-corrected chi connectivity index (χ3v) is 3.10. The van der Waals surface area contributed by atoms with Crippen LogP contribution in [0.25, 0.3) is 0 Å². The molecule has 0 radical (unpaired) electrons. The molecule has 0 bridgehead atoms. The normalized spacial score (nSPS) is 14.4. The number of furan rings is 1. The van der Waals surface area contributed by atoms with Crippen LogP contribution in [0.1, 0.15) is 43.7 Å². The highest BCUT2D eigenvalue weighted by Gasteiger charge is 2.15. The molecule has 2 atom stereocenters. The van der Waals surface area contributed by atoms with Gasteiger partial charge in [0.05, 0.1) is 12.3 Å². The smallest absolute Gasteiger partial charge is 0.123 e. The molecule has 0 aliphatic rings. The van der Waals surface area contributed by atoms with Gasteiger partial charge in [-0.2, -0.15) is 0 Å². The van der Waals surface area contributed by atoms with Crippen molar-refractivity contribution in [2.45, 2.75) is 32.4 Å². The van der Waals surface area contributed by atoms with Gasteiger partial charge in [0.2, 0.25) is 0 Å². The molecule has 0 aliphatic carbocycles. The van der Waals surface area contributed by atoms with Gasteiger partial charge in [0.25, 0.3) is 0 Å². The lowest BCUT2D eigenvalue weighted by atomic mass is 10.0. The molecule has 2 aromatic rings. The van der Waals surface area contributed by atoms with Crippen LogP contribution in [0.5, 0.6) is 0 Å². The van der Waals surface area contributed by atoms with Crippen LogP contribution in [-0.4, -0.2) is 0 Å². The molecule has 0 saturated heterocycles. The molecule has 3 heteroatoms. The quantitative estimate of drug-likeness (QED) is 0.855. The maximum atomic E-state index is 12.9. The number of halogens is 1. The minimum Gasteiger partial charge on any atom is -0.468 e. The van der Waals surface area contributed by atoms with Gasteiger partial charge in [0.15, 0.2) is 0 Å². The summed E-state index contributed by atoms with van der Waals surface area (Å²) in [5.74, 6) is 0.711. The lowest BCUT2D eigenvalue weighted by Gasteiger charge is -2.21. The fourth-order valence-electron chi connectivity index (χ4n) is 2.07. The highest BCUT2D eigenvalue weighted by atomic mass is 19.1. The fraction of sp³-hybridized carbons (Fsp3) is 0.333. The number of rotatable bonds is 5. The molecular formula is C15H18FNO. The monoisotopic (exact) mass is 247 g/mol. The summed E-state index contributed by atoms with van der Waals surface area (Å²) in [4.78, 5) is 0. The summed E-state index contributed by atoms with van der Waals surface area (Å²) in [5, 5.41) is 3.49. The maximum Gasteiger partial charge on any atom is 0.123 e. The van der Waals surface area contributed by atoms with Crippen molar-refractivity contribution in [1.29, 1.82) is 0 Å². The molecule has 1 aromatic heterocycles. The van der Waals surface area contributed by atoms with Gasteiger partial charge in [-0.1, -0.05) is 19.1 Å². The zero-order valence-electron chi connectivity index (χ0n) is 10.7. The summed E-state index contributed by atoms with van der Waals surface area (Å²) < 4.78 is 18.3. The van der Waals surface area contributed by atoms with Gasteiger partial charge in [-0.25, -0.2) is 4.39 Å². The first-order valence-corrected chi connectivity index (χ1v) is 6.25. The highest BCUT2D eigenvalue weighted by molar-refractivity contribution is 5.20. The highest BCUT2D eigenvalue weighted by Crippen LogP contribution is 2.22. The van der Waals surface area contributed by atoms with Crippen LogP contribution in [0.15, 0.2) is 47.1 Å². The Morgan fingerprint density at radius 2 is 1.94 bits per heavy atom. The van der Waals surface area contributed by atoms with E-state index in [-0.39, 0.29) is 17.9 Å². The molecule has 2 rings (SSSR count). The van der Waals surface area contributed by atoms with Gasteiger partial charge in [-0.15, -0.1) is 0 Å².